The molecule has 0 unspecified atom stereocenters. The van der Waals surface area contributed by atoms with Gasteiger partial charge in [0.2, 0.25) is 5.95 Å². The van der Waals surface area contributed by atoms with Crippen molar-refractivity contribution in [2.45, 2.75) is 6.54 Å². The molecule has 0 atom stereocenters. The molecule has 24 heavy (non-hydrogen) atoms. The van der Waals surface area contributed by atoms with Crippen LogP contribution in [0.25, 0.3) is 0 Å². The van der Waals surface area contributed by atoms with Gasteiger partial charge in [-0.05, 0) is 42.0 Å². The number of nitrogens with zero attached hydrogens (tertiary/aromatic N) is 3. The summed E-state index contributed by atoms with van der Waals surface area (Å²) in [7, 11) is 0. The summed E-state index contributed by atoms with van der Waals surface area (Å²) in [6, 6.07) is 10.8. The minimum atomic E-state index is -0.395. The van der Waals surface area contributed by atoms with Gasteiger partial charge in [0.1, 0.15) is 11.5 Å². The number of rotatable bonds is 5. The van der Waals surface area contributed by atoms with Crippen LogP contribution in [0.1, 0.15) is 16.1 Å². The molecule has 0 saturated carbocycles. The summed E-state index contributed by atoms with van der Waals surface area (Å²) in [4.78, 5) is 24.5. The number of pyridine rings is 1. The lowest BCUT2D eigenvalue weighted by Gasteiger charge is -2.07. The Morgan fingerprint density at radius 2 is 1.92 bits per heavy atom. The van der Waals surface area contributed by atoms with Crippen molar-refractivity contribution >= 4 is 17.5 Å². The normalized spacial score (nSPS) is 10.2. The minimum absolute atomic E-state index is 0.211. The number of benzene rings is 1. The molecule has 0 aliphatic rings. The molecule has 0 saturated heterocycles. The first-order valence-electron chi connectivity index (χ1n) is 7.23. The summed E-state index contributed by atoms with van der Waals surface area (Å²) in [6.07, 6.45) is 4.93. The van der Waals surface area contributed by atoms with Crippen LogP contribution in [0, 0.1) is 5.82 Å². The molecule has 6 nitrogen and oxygen atoms in total. The Labute approximate surface area is 137 Å². The fourth-order valence-corrected chi connectivity index (χ4v) is 1.98. The third-order valence-electron chi connectivity index (χ3n) is 3.16. The number of anilines is 2. The van der Waals surface area contributed by atoms with Crippen LogP contribution < -0.4 is 10.6 Å². The molecule has 7 heteroatoms. The van der Waals surface area contributed by atoms with E-state index >= 15 is 0 Å². The summed E-state index contributed by atoms with van der Waals surface area (Å²) in [6.45, 7) is 0.497. The van der Waals surface area contributed by atoms with Crippen molar-refractivity contribution in [1.82, 2.24) is 15.0 Å². The highest BCUT2D eigenvalue weighted by atomic mass is 19.1. The molecule has 2 aromatic heterocycles. The molecule has 2 heterocycles. The van der Waals surface area contributed by atoms with Crippen molar-refractivity contribution in [3.05, 3.63) is 78.1 Å². The Morgan fingerprint density at radius 3 is 2.67 bits per heavy atom. The maximum absolute atomic E-state index is 12.9. The molecule has 120 valence electrons. The second kappa shape index (κ2) is 7.28. The average Bonchev–Trinajstić information content (AvgIpc) is 2.63. The van der Waals surface area contributed by atoms with Crippen LogP contribution in [0.15, 0.2) is 61.1 Å². The number of carbonyl (C=O) groups is 1. The van der Waals surface area contributed by atoms with Gasteiger partial charge in [-0.2, -0.15) is 0 Å². The lowest BCUT2D eigenvalue weighted by Crippen LogP contribution is -2.15. The number of carbonyl (C=O) groups excluding carboxylic acids is 1. The van der Waals surface area contributed by atoms with E-state index in [1.807, 2.05) is 12.1 Å². The summed E-state index contributed by atoms with van der Waals surface area (Å²) < 4.78 is 12.9. The van der Waals surface area contributed by atoms with Gasteiger partial charge in [-0.3, -0.25) is 9.78 Å². The molecule has 0 spiro atoms. The van der Waals surface area contributed by atoms with Crippen LogP contribution in [0.4, 0.5) is 16.0 Å². The van der Waals surface area contributed by atoms with Gasteiger partial charge in [0, 0.05) is 30.8 Å². The first kappa shape index (κ1) is 15.5. The van der Waals surface area contributed by atoms with E-state index in [1.54, 1.807) is 12.4 Å². The molecule has 1 amide bonds. The highest BCUT2D eigenvalue weighted by molar-refractivity contribution is 6.02. The molecule has 3 rings (SSSR count). The molecule has 0 aliphatic heterocycles. The van der Waals surface area contributed by atoms with Crippen LogP contribution in [0.3, 0.4) is 0 Å². The van der Waals surface area contributed by atoms with E-state index in [0.717, 1.165) is 5.56 Å². The predicted molar refractivity (Wildman–Crippen MR) is 87.9 cm³/mol. The topological polar surface area (TPSA) is 79.8 Å². The molecular formula is C17H14FN5O. The van der Waals surface area contributed by atoms with Gasteiger partial charge in [-0.25, -0.2) is 14.4 Å². The van der Waals surface area contributed by atoms with Crippen LogP contribution in [0.5, 0.6) is 0 Å². The predicted octanol–water partition coefficient (Wildman–Crippen LogP) is 2.88. The zero-order valence-electron chi connectivity index (χ0n) is 12.6. The van der Waals surface area contributed by atoms with Crippen molar-refractivity contribution in [2.75, 3.05) is 10.6 Å². The summed E-state index contributed by atoms with van der Waals surface area (Å²) in [5.74, 6) is -0.420. The minimum Gasteiger partial charge on any atom is -0.350 e. The van der Waals surface area contributed by atoms with E-state index in [1.165, 1.54) is 36.5 Å². The van der Waals surface area contributed by atoms with Gasteiger partial charge in [-0.15, -0.1) is 0 Å². The number of aromatic nitrogens is 3. The largest absolute Gasteiger partial charge is 0.350 e. The summed E-state index contributed by atoms with van der Waals surface area (Å²) in [5, 5.41) is 5.69. The Bertz CT molecular complexity index is 824. The highest BCUT2D eigenvalue weighted by Crippen LogP contribution is 2.10. The number of nitrogens with one attached hydrogen (secondary N) is 2. The van der Waals surface area contributed by atoms with Gasteiger partial charge < -0.3 is 10.6 Å². The molecule has 1 aromatic carbocycles. The second-order valence-corrected chi connectivity index (χ2v) is 4.94. The maximum Gasteiger partial charge on any atom is 0.274 e. The first-order chi connectivity index (χ1) is 11.7. The molecule has 0 fully saturated rings. The van der Waals surface area contributed by atoms with Gasteiger partial charge in [0.05, 0.1) is 0 Å². The zero-order valence-corrected chi connectivity index (χ0v) is 12.6. The SMILES string of the molecule is O=C(Nc1ccc(F)cc1)c1ccnc(NCc2cccnc2)n1. The fourth-order valence-electron chi connectivity index (χ4n) is 1.98. The Kier molecular flexibility index (Phi) is 4.71. The Balaban J connectivity index is 1.65. The third kappa shape index (κ3) is 4.10. The lowest BCUT2D eigenvalue weighted by molar-refractivity contribution is 0.102. The monoisotopic (exact) mass is 323 g/mol. The van der Waals surface area contributed by atoms with E-state index in [0.29, 0.717) is 18.2 Å². The number of hydrogen-bond donors (Lipinski definition) is 2. The quantitative estimate of drug-likeness (QED) is 0.755. The van der Waals surface area contributed by atoms with Crippen molar-refractivity contribution in [3.8, 4) is 0 Å². The zero-order chi connectivity index (χ0) is 16.8. The van der Waals surface area contributed by atoms with E-state index < -0.39 is 5.91 Å². The Hall–Kier alpha value is -3.35. The standard InChI is InChI=1S/C17H14FN5O/c18-13-3-5-14(6-4-13)22-16(24)15-7-9-20-17(23-15)21-11-12-2-1-8-19-10-12/h1-10H,11H2,(H,22,24)(H,20,21,23). The molecule has 0 radical (unpaired) electrons. The van der Waals surface area contributed by atoms with Crippen molar-refractivity contribution in [2.24, 2.45) is 0 Å². The van der Waals surface area contributed by atoms with Gasteiger partial charge in [0.25, 0.3) is 5.91 Å². The second-order valence-electron chi connectivity index (χ2n) is 4.94. The van der Waals surface area contributed by atoms with Gasteiger partial charge >= 0.3 is 0 Å². The van der Waals surface area contributed by atoms with Crippen LogP contribution >= 0.6 is 0 Å². The molecule has 0 aliphatic carbocycles. The third-order valence-corrected chi connectivity index (χ3v) is 3.16. The summed E-state index contributed by atoms with van der Waals surface area (Å²) in [5.41, 5.74) is 1.68. The van der Waals surface area contributed by atoms with E-state index in [2.05, 4.69) is 25.6 Å². The van der Waals surface area contributed by atoms with Crippen LogP contribution in [-0.2, 0) is 6.54 Å². The molecule has 0 bridgehead atoms. The van der Waals surface area contributed by atoms with E-state index in [-0.39, 0.29) is 11.5 Å². The van der Waals surface area contributed by atoms with E-state index in [9.17, 15) is 9.18 Å². The Morgan fingerprint density at radius 1 is 1.08 bits per heavy atom. The molecule has 3 aromatic rings. The smallest absolute Gasteiger partial charge is 0.274 e. The number of halogens is 1. The van der Waals surface area contributed by atoms with Crippen molar-refractivity contribution in [3.63, 3.8) is 0 Å². The van der Waals surface area contributed by atoms with E-state index in [4.69, 9.17) is 0 Å². The van der Waals surface area contributed by atoms with Gasteiger partial charge in [0.15, 0.2) is 0 Å². The van der Waals surface area contributed by atoms with Gasteiger partial charge in [-0.1, -0.05) is 6.07 Å². The first-order valence-corrected chi connectivity index (χ1v) is 7.23. The maximum atomic E-state index is 12.9. The van der Waals surface area contributed by atoms with Crippen molar-refractivity contribution < 1.29 is 9.18 Å². The van der Waals surface area contributed by atoms with Crippen LogP contribution in [0.2, 0.25) is 0 Å². The highest BCUT2D eigenvalue weighted by Gasteiger charge is 2.09. The number of hydrogen-bond acceptors (Lipinski definition) is 5. The lowest BCUT2D eigenvalue weighted by atomic mass is 10.3. The number of amides is 1. The molecule has 2 N–H and O–H groups in total. The average molecular weight is 323 g/mol. The van der Waals surface area contributed by atoms with Crippen molar-refractivity contribution in [1.29, 1.82) is 0 Å². The fraction of sp³-hybridized carbons (Fsp3) is 0.0588. The molecular weight excluding hydrogens is 309 g/mol. The van der Waals surface area contributed by atoms with Crippen LogP contribution in [-0.4, -0.2) is 20.9 Å². The summed E-state index contributed by atoms with van der Waals surface area (Å²) >= 11 is 0.